The van der Waals surface area contributed by atoms with E-state index in [1.54, 1.807) is 6.07 Å². The van der Waals surface area contributed by atoms with Crippen LogP contribution < -0.4 is 10.5 Å². The van der Waals surface area contributed by atoms with Crippen molar-refractivity contribution in [1.82, 2.24) is 0 Å². The van der Waals surface area contributed by atoms with Gasteiger partial charge in [-0.05, 0) is 52.2 Å². The molecule has 0 bridgehead atoms. The summed E-state index contributed by atoms with van der Waals surface area (Å²) in [7, 11) is 0. The molecule has 100 valence electrons. The van der Waals surface area contributed by atoms with Gasteiger partial charge in [0.15, 0.2) is 11.5 Å². The van der Waals surface area contributed by atoms with E-state index < -0.39 is 0 Å². The minimum Gasteiger partial charge on any atom is -0.504 e. The molecule has 2 rings (SSSR count). The molecule has 0 amide bonds. The number of phenols is 1. The number of aromatic hydroxyl groups is 1. The van der Waals surface area contributed by atoms with Crippen molar-refractivity contribution in [1.29, 1.82) is 0 Å². The maximum atomic E-state index is 9.98. The van der Waals surface area contributed by atoms with Gasteiger partial charge >= 0.3 is 0 Å². The molecule has 0 heterocycles. The predicted octanol–water partition coefficient (Wildman–Crippen LogP) is 3.23. The first-order chi connectivity index (χ1) is 9.20. The van der Waals surface area contributed by atoms with Crippen LogP contribution in [-0.2, 0) is 13.0 Å². The summed E-state index contributed by atoms with van der Waals surface area (Å²) in [6.45, 7) is 0.972. The minimum atomic E-state index is 0.133. The summed E-state index contributed by atoms with van der Waals surface area (Å²) < 4.78 is 6.40. The molecule has 0 fully saturated rings. The summed E-state index contributed by atoms with van der Waals surface area (Å²) in [6.07, 6.45) is 0.727. The smallest absolute Gasteiger partial charge is 0.175 e. The normalized spacial score (nSPS) is 10.4. The lowest BCUT2D eigenvalue weighted by atomic mass is 10.1. The number of halogens is 1. The quantitative estimate of drug-likeness (QED) is 0.888. The molecule has 0 saturated heterocycles. The van der Waals surface area contributed by atoms with Crippen LogP contribution >= 0.6 is 15.9 Å². The molecule has 2 aromatic rings. The van der Waals surface area contributed by atoms with Gasteiger partial charge in [-0.15, -0.1) is 0 Å². The van der Waals surface area contributed by atoms with Crippen molar-refractivity contribution in [3.63, 3.8) is 0 Å². The van der Waals surface area contributed by atoms with Crippen molar-refractivity contribution < 1.29 is 9.84 Å². The average Bonchev–Trinajstić information content (AvgIpc) is 2.39. The topological polar surface area (TPSA) is 55.5 Å². The van der Waals surface area contributed by atoms with E-state index in [1.165, 1.54) is 0 Å². The first-order valence-corrected chi connectivity index (χ1v) is 6.88. The molecular formula is C15H16BrNO2. The summed E-state index contributed by atoms with van der Waals surface area (Å²) in [5.41, 5.74) is 7.55. The minimum absolute atomic E-state index is 0.133. The van der Waals surface area contributed by atoms with Crippen LogP contribution in [0, 0.1) is 0 Å². The third-order valence-electron chi connectivity index (χ3n) is 2.74. The van der Waals surface area contributed by atoms with Gasteiger partial charge in [-0.1, -0.05) is 30.3 Å². The van der Waals surface area contributed by atoms with Crippen LogP contribution in [0.5, 0.6) is 11.5 Å². The monoisotopic (exact) mass is 321 g/mol. The van der Waals surface area contributed by atoms with Crippen LogP contribution in [0.3, 0.4) is 0 Å². The largest absolute Gasteiger partial charge is 0.504 e. The molecule has 0 spiro atoms. The lowest BCUT2D eigenvalue weighted by molar-refractivity contribution is 0.287. The lowest BCUT2D eigenvalue weighted by Gasteiger charge is -2.12. The van der Waals surface area contributed by atoms with E-state index in [2.05, 4.69) is 15.9 Å². The van der Waals surface area contributed by atoms with Crippen LogP contribution in [0.15, 0.2) is 46.9 Å². The third-order valence-corrected chi connectivity index (χ3v) is 3.33. The first kappa shape index (κ1) is 13.9. The fraction of sp³-hybridized carbons (Fsp3) is 0.200. The highest BCUT2D eigenvalue weighted by Crippen LogP contribution is 2.36. The molecule has 3 nitrogen and oxygen atoms in total. The maximum absolute atomic E-state index is 9.98. The van der Waals surface area contributed by atoms with Crippen molar-refractivity contribution in [2.45, 2.75) is 13.0 Å². The lowest BCUT2D eigenvalue weighted by Crippen LogP contribution is -2.03. The summed E-state index contributed by atoms with van der Waals surface area (Å²) in [6, 6.07) is 13.4. The van der Waals surface area contributed by atoms with Gasteiger partial charge in [0.1, 0.15) is 6.61 Å². The zero-order valence-electron chi connectivity index (χ0n) is 10.5. The Balaban J connectivity index is 2.12. The molecule has 4 heteroatoms. The molecule has 0 saturated carbocycles. The van der Waals surface area contributed by atoms with Crippen LogP contribution in [0.2, 0.25) is 0 Å². The van der Waals surface area contributed by atoms with Crippen LogP contribution in [0.25, 0.3) is 0 Å². The highest BCUT2D eigenvalue weighted by atomic mass is 79.9. The second-order valence-corrected chi connectivity index (χ2v) is 5.09. The Morgan fingerprint density at radius 3 is 2.47 bits per heavy atom. The highest BCUT2D eigenvalue weighted by molar-refractivity contribution is 9.10. The number of rotatable bonds is 5. The fourth-order valence-corrected chi connectivity index (χ4v) is 2.43. The number of hydrogen-bond donors (Lipinski definition) is 2. The van der Waals surface area contributed by atoms with Gasteiger partial charge in [0.25, 0.3) is 0 Å². The van der Waals surface area contributed by atoms with Gasteiger partial charge in [0.2, 0.25) is 0 Å². The van der Waals surface area contributed by atoms with E-state index in [9.17, 15) is 5.11 Å². The average molecular weight is 322 g/mol. The van der Waals surface area contributed by atoms with E-state index in [0.29, 0.717) is 18.9 Å². The van der Waals surface area contributed by atoms with E-state index in [0.717, 1.165) is 22.0 Å². The Morgan fingerprint density at radius 1 is 1.11 bits per heavy atom. The molecule has 0 aliphatic rings. The molecule has 19 heavy (non-hydrogen) atoms. The Morgan fingerprint density at radius 2 is 1.84 bits per heavy atom. The molecule has 3 N–H and O–H groups in total. The predicted molar refractivity (Wildman–Crippen MR) is 79.3 cm³/mol. The Hall–Kier alpha value is -1.52. The van der Waals surface area contributed by atoms with Crippen LogP contribution in [0.4, 0.5) is 0 Å². The molecule has 0 aliphatic carbocycles. The van der Waals surface area contributed by atoms with Gasteiger partial charge < -0.3 is 15.6 Å². The van der Waals surface area contributed by atoms with Gasteiger partial charge in [-0.25, -0.2) is 0 Å². The summed E-state index contributed by atoms with van der Waals surface area (Å²) in [4.78, 5) is 0. The highest BCUT2D eigenvalue weighted by Gasteiger charge is 2.10. The molecule has 0 unspecified atom stereocenters. The summed E-state index contributed by atoms with van der Waals surface area (Å²) in [5, 5.41) is 9.98. The Kier molecular flexibility index (Phi) is 4.82. The van der Waals surface area contributed by atoms with Crippen molar-refractivity contribution in [2.75, 3.05) is 6.54 Å². The first-order valence-electron chi connectivity index (χ1n) is 6.09. The number of hydrogen-bond acceptors (Lipinski definition) is 3. The molecule has 0 aromatic heterocycles. The van der Waals surface area contributed by atoms with Crippen LogP contribution in [-0.4, -0.2) is 11.7 Å². The number of phenolic OH excluding ortho intramolecular Hbond substituents is 1. The third kappa shape index (κ3) is 3.72. The SMILES string of the molecule is NCCc1cc(O)c(OCc2ccccc2)c(Br)c1. The zero-order valence-corrected chi connectivity index (χ0v) is 12.1. The van der Waals surface area contributed by atoms with Gasteiger partial charge in [-0.2, -0.15) is 0 Å². The van der Waals surface area contributed by atoms with Gasteiger partial charge in [-0.3, -0.25) is 0 Å². The van der Waals surface area contributed by atoms with Gasteiger partial charge in [0.05, 0.1) is 4.47 Å². The maximum Gasteiger partial charge on any atom is 0.175 e. The van der Waals surface area contributed by atoms with Crippen molar-refractivity contribution in [3.05, 3.63) is 58.1 Å². The van der Waals surface area contributed by atoms with Gasteiger partial charge in [0, 0.05) is 0 Å². The standard InChI is InChI=1S/C15H16BrNO2/c16-13-8-12(6-7-17)9-14(18)15(13)19-10-11-4-2-1-3-5-11/h1-5,8-9,18H,6-7,10,17H2. The summed E-state index contributed by atoms with van der Waals surface area (Å²) in [5.74, 6) is 0.596. The molecule has 0 aliphatic heterocycles. The van der Waals surface area contributed by atoms with E-state index >= 15 is 0 Å². The van der Waals surface area contributed by atoms with Crippen molar-refractivity contribution in [3.8, 4) is 11.5 Å². The zero-order chi connectivity index (χ0) is 13.7. The molecule has 0 radical (unpaired) electrons. The number of nitrogens with two attached hydrogens (primary N) is 1. The Labute approximate surface area is 121 Å². The van der Waals surface area contributed by atoms with Crippen molar-refractivity contribution in [2.24, 2.45) is 5.73 Å². The van der Waals surface area contributed by atoms with E-state index in [4.69, 9.17) is 10.5 Å². The van der Waals surface area contributed by atoms with E-state index in [-0.39, 0.29) is 5.75 Å². The number of ether oxygens (including phenoxy) is 1. The second kappa shape index (κ2) is 6.59. The Bertz CT molecular complexity index is 520. The second-order valence-electron chi connectivity index (χ2n) is 4.24. The molecule has 2 aromatic carbocycles. The fourth-order valence-electron chi connectivity index (χ4n) is 1.82. The van der Waals surface area contributed by atoms with Crippen molar-refractivity contribution >= 4 is 15.9 Å². The van der Waals surface area contributed by atoms with Crippen LogP contribution in [0.1, 0.15) is 11.1 Å². The molecular weight excluding hydrogens is 306 g/mol. The summed E-state index contributed by atoms with van der Waals surface area (Å²) >= 11 is 3.42. The molecule has 0 atom stereocenters. The number of benzene rings is 2. The van der Waals surface area contributed by atoms with E-state index in [1.807, 2.05) is 36.4 Å².